The molecule has 19 heavy (non-hydrogen) atoms. The highest BCUT2D eigenvalue weighted by Crippen LogP contribution is 2.36. The quantitative estimate of drug-likeness (QED) is 0.786. The molecular weight excluding hydrogens is 242 g/mol. The topological polar surface area (TPSA) is 39.7 Å². The van der Waals surface area contributed by atoms with E-state index in [0.717, 1.165) is 30.0 Å². The number of rotatable bonds is 8. The van der Waals surface area contributed by atoms with Gasteiger partial charge >= 0.3 is 0 Å². The Morgan fingerprint density at radius 1 is 1.05 bits per heavy atom. The molecule has 2 atom stereocenters. The van der Waals surface area contributed by atoms with Gasteiger partial charge in [-0.2, -0.15) is 0 Å². The van der Waals surface area contributed by atoms with Crippen LogP contribution in [0.15, 0.2) is 18.2 Å². The Hall–Kier alpha value is -1.26. The normalized spacial score (nSPS) is 13.9. The fourth-order valence-corrected chi connectivity index (χ4v) is 2.36. The summed E-state index contributed by atoms with van der Waals surface area (Å²) < 4.78 is 16.6. The molecule has 0 bridgehead atoms. The van der Waals surface area contributed by atoms with Crippen molar-refractivity contribution in [1.82, 2.24) is 5.32 Å². The molecule has 0 heterocycles. The van der Waals surface area contributed by atoms with Crippen molar-refractivity contribution in [2.75, 3.05) is 27.9 Å². The summed E-state index contributed by atoms with van der Waals surface area (Å²) in [6, 6.07) is 5.87. The molecule has 0 amide bonds. The lowest BCUT2D eigenvalue weighted by molar-refractivity contribution is 0.0639. The summed E-state index contributed by atoms with van der Waals surface area (Å²) in [6.45, 7) is 5.05. The maximum Gasteiger partial charge on any atom is 0.127 e. The molecule has 0 saturated carbocycles. The van der Waals surface area contributed by atoms with Crippen molar-refractivity contribution >= 4 is 0 Å². The Morgan fingerprint density at radius 2 is 1.63 bits per heavy atom. The first kappa shape index (κ1) is 15.8. The molecule has 0 aliphatic heterocycles. The minimum absolute atomic E-state index is 0.0473. The summed E-state index contributed by atoms with van der Waals surface area (Å²) in [5.74, 6) is 1.64. The number of methoxy groups -OCH3 is 3. The van der Waals surface area contributed by atoms with Crippen LogP contribution in [0.3, 0.4) is 0 Å². The van der Waals surface area contributed by atoms with E-state index in [0.29, 0.717) is 0 Å². The Morgan fingerprint density at radius 3 is 2.00 bits per heavy atom. The molecule has 108 valence electrons. The predicted octanol–water partition coefficient (Wildman–Crippen LogP) is 2.78. The van der Waals surface area contributed by atoms with Gasteiger partial charge in [-0.1, -0.05) is 19.9 Å². The second-order valence-electron chi connectivity index (χ2n) is 4.29. The van der Waals surface area contributed by atoms with Gasteiger partial charge in [-0.3, -0.25) is 0 Å². The van der Waals surface area contributed by atoms with Crippen LogP contribution in [-0.2, 0) is 4.74 Å². The first-order chi connectivity index (χ1) is 9.23. The Kier molecular flexibility index (Phi) is 6.67. The summed E-state index contributed by atoms with van der Waals surface area (Å²) in [4.78, 5) is 0. The van der Waals surface area contributed by atoms with Gasteiger partial charge in [0, 0.05) is 7.11 Å². The van der Waals surface area contributed by atoms with Crippen LogP contribution in [0.1, 0.15) is 31.9 Å². The zero-order valence-electron chi connectivity index (χ0n) is 12.5. The van der Waals surface area contributed by atoms with E-state index in [1.807, 2.05) is 18.2 Å². The highest BCUT2D eigenvalue weighted by atomic mass is 16.5. The molecule has 0 aromatic heterocycles. The highest BCUT2D eigenvalue weighted by molar-refractivity contribution is 5.47. The maximum absolute atomic E-state index is 5.59. The molecule has 0 radical (unpaired) electrons. The molecule has 0 fully saturated rings. The van der Waals surface area contributed by atoms with Gasteiger partial charge in [0.05, 0.1) is 31.9 Å². The fourth-order valence-electron chi connectivity index (χ4n) is 2.36. The molecule has 0 saturated heterocycles. The van der Waals surface area contributed by atoms with Crippen molar-refractivity contribution in [3.05, 3.63) is 23.8 Å². The van der Waals surface area contributed by atoms with E-state index in [1.165, 1.54) is 0 Å². The maximum atomic E-state index is 5.59. The van der Waals surface area contributed by atoms with Crippen LogP contribution in [0.5, 0.6) is 11.5 Å². The van der Waals surface area contributed by atoms with Crippen LogP contribution >= 0.6 is 0 Å². The van der Waals surface area contributed by atoms with E-state index >= 15 is 0 Å². The highest BCUT2D eigenvalue weighted by Gasteiger charge is 2.27. The van der Waals surface area contributed by atoms with Crippen molar-refractivity contribution in [2.45, 2.75) is 32.4 Å². The molecule has 0 spiro atoms. The van der Waals surface area contributed by atoms with E-state index < -0.39 is 0 Å². The van der Waals surface area contributed by atoms with E-state index in [-0.39, 0.29) is 12.1 Å². The SMILES string of the molecule is CCNC(c1c(OC)cccc1OC)C(CC)OC. The molecular formula is C15H25NO3. The van der Waals surface area contributed by atoms with Crippen molar-refractivity contribution in [3.8, 4) is 11.5 Å². The number of nitrogens with one attached hydrogen (secondary N) is 1. The zero-order chi connectivity index (χ0) is 14.3. The van der Waals surface area contributed by atoms with E-state index in [1.54, 1.807) is 21.3 Å². The number of likely N-dealkylation sites (N-methyl/N-ethyl adjacent to an activating group) is 1. The Labute approximate surface area is 116 Å². The summed E-state index contributed by atoms with van der Waals surface area (Å²) in [6.07, 6.45) is 0.986. The van der Waals surface area contributed by atoms with E-state index in [9.17, 15) is 0 Å². The average molecular weight is 267 g/mol. The van der Waals surface area contributed by atoms with Crippen molar-refractivity contribution in [2.24, 2.45) is 0 Å². The third kappa shape index (κ3) is 3.61. The molecule has 4 nitrogen and oxygen atoms in total. The van der Waals surface area contributed by atoms with Gasteiger partial charge in [0.25, 0.3) is 0 Å². The van der Waals surface area contributed by atoms with Gasteiger partial charge in [-0.05, 0) is 25.1 Å². The lowest BCUT2D eigenvalue weighted by atomic mass is 9.97. The number of hydrogen-bond acceptors (Lipinski definition) is 4. The number of benzene rings is 1. The van der Waals surface area contributed by atoms with E-state index in [2.05, 4.69) is 19.2 Å². The van der Waals surface area contributed by atoms with Crippen LogP contribution in [-0.4, -0.2) is 34.0 Å². The third-order valence-corrected chi connectivity index (χ3v) is 3.28. The summed E-state index contributed by atoms with van der Waals surface area (Å²) in [5, 5.41) is 3.47. The first-order valence-electron chi connectivity index (χ1n) is 6.70. The summed E-state index contributed by atoms with van der Waals surface area (Å²) in [7, 11) is 5.09. The van der Waals surface area contributed by atoms with Gasteiger partial charge in [0.2, 0.25) is 0 Å². The monoisotopic (exact) mass is 267 g/mol. The molecule has 0 aliphatic rings. The minimum atomic E-state index is 0.0473. The molecule has 1 N–H and O–H groups in total. The molecule has 1 aromatic rings. The Balaban J connectivity index is 3.26. The number of ether oxygens (including phenoxy) is 3. The van der Waals surface area contributed by atoms with Gasteiger partial charge in [-0.15, -0.1) is 0 Å². The minimum Gasteiger partial charge on any atom is -0.496 e. The summed E-state index contributed by atoms with van der Waals surface area (Å²) >= 11 is 0. The molecule has 1 aromatic carbocycles. The number of hydrogen-bond donors (Lipinski definition) is 1. The standard InChI is InChI=1S/C15H25NO3/c1-6-11(17-3)15(16-7-2)14-12(18-4)9-8-10-13(14)19-5/h8-11,15-16H,6-7H2,1-5H3. The molecule has 4 heteroatoms. The van der Waals surface area contributed by atoms with Gasteiger partial charge in [0.1, 0.15) is 11.5 Å². The smallest absolute Gasteiger partial charge is 0.127 e. The van der Waals surface area contributed by atoms with Crippen LogP contribution in [0.25, 0.3) is 0 Å². The van der Waals surface area contributed by atoms with Crippen LogP contribution in [0.2, 0.25) is 0 Å². The van der Waals surface area contributed by atoms with Crippen LogP contribution in [0, 0.1) is 0 Å². The lowest BCUT2D eigenvalue weighted by Crippen LogP contribution is -2.33. The second kappa shape index (κ2) is 8.02. The third-order valence-electron chi connectivity index (χ3n) is 3.28. The second-order valence-corrected chi connectivity index (χ2v) is 4.29. The van der Waals surface area contributed by atoms with Crippen LogP contribution < -0.4 is 14.8 Å². The molecule has 2 unspecified atom stereocenters. The average Bonchev–Trinajstić information content (AvgIpc) is 2.46. The largest absolute Gasteiger partial charge is 0.496 e. The lowest BCUT2D eigenvalue weighted by Gasteiger charge is -2.28. The van der Waals surface area contributed by atoms with Gasteiger partial charge < -0.3 is 19.5 Å². The van der Waals surface area contributed by atoms with Crippen molar-refractivity contribution in [1.29, 1.82) is 0 Å². The molecule has 0 aliphatic carbocycles. The first-order valence-corrected chi connectivity index (χ1v) is 6.70. The fraction of sp³-hybridized carbons (Fsp3) is 0.600. The van der Waals surface area contributed by atoms with Crippen LogP contribution in [0.4, 0.5) is 0 Å². The van der Waals surface area contributed by atoms with Gasteiger partial charge in [0.15, 0.2) is 0 Å². The van der Waals surface area contributed by atoms with Crippen molar-refractivity contribution < 1.29 is 14.2 Å². The molecule has 1 rings (SSSR count). The van der Waals surface area contributed by atoms with Gasteiger partial charge in [-0.25, -0.2) is 0 Å². The predicted molar refractivity (Wildman–Crippen MR) is 77.1 cm³/mol. The zero-order valence-corrected chi connectivity index (χ0v) is 12.5. The van der Waals surface area contributed by atoms with Crippen molar-refractivity contribution in [3.63, 3.8) is 0 Å². The summed E-state index contributed by atoms with van der Waals surface area (Å²) in [5.41, 5.74) is 1.02. The Bertz CT molecular complexity index is 355. The van der Waals surface area contributed by atoms with E-state index in [4.69, 9.17) is 14.2 Å².